The molecule has 1 N–H and O–H groups in total. The van der Waals surface area contributed by atoms with Gasteiger partial charge in [-0.05, 0) is 117 Å². The first-order chi connectivity index (χ1) is 31.8. The third kappa shape index (κ3) is 10.9. The van der Waals surface area contributed by atoms with Crippen molar-refractivity contribution in [2.75, 3.05) is 19.8 Å². The van der Waals surface area contributed by atoms with Crippen molar-refractivity contribution in [2.45, 2.75) is 179 Å². The Morgan fingerprint density at radius 3 is 1.91 bits per heavy atom. The largest absolute Gasteiger partial charge is 0.462 e. The molecule has 380 valence electrons. The maximum absolute atomic E-state index is 12.1. The lowest BCUT2D eigenvalue weighted by Gasteiger charge is -2.59. The second-order valence-corrected chi connectivity index (χ2v) is 24.0. The van der Waals surface area contributed by atoms with Crippen LogP contribution in [0, 0.1) is 52.3 Å². The third-order valence-electron chi connectivity index (χ3n) is 16.3. The fourth-order valence-corrected chi connectivity index (χ4v) is 14.3. The van der Waals surface area contributed by atoms with Crippen molar-refractivity contribution >= 4 is 51.9 Å². The fraction of sp³-hybridized carbons (Fsp3) is 0.816. The summed E-state index contributed by atoms with van der Waals surface area (Å²) in [5, 5.41) is 10.0. The molecule has 12 unspecified atom stereocenters. The summed E-state index contributed by atoms with van der Waals surface area (Å²) in [5.41, 5.74) is -1.71. The Kier molecular flexibility index (Phi) is 14.9. The molecule has 2 saturated heterocycles. The Hall–Kier alpha value is -4.10. The third-order valence-corrected chi connectivity index (χ3v) is 18.1. The topological polar surface area (TPSA) is 248 Å². The summed E-state index contributed by atoms with van der Waals surface area (Å²) < 4.78 is 65.9. The van der Waals surface area contributed by atoms with Crippen LogP contribution < -0.4 is 0 Å². The number of rotatable bonds is 16. The van der Waals surface area contributed by atoms with E-state index in [1.807, 2.05) is 13.8 Å². The van der Waals surface area contributed by atoms with Crippen molar-refractivity contribution in [1.29, 1.82) is 0 Å². The molecule has 0 spiro atoms. The predicted octanol–water partition coefficient (Wildman–Crippen LogP) is 4.99. The number of ether oxygens (including phenoxy) is 7. The van der Waals surface area contributed by atoms with Crippen LogP contribution in [0.4, 0.5) is 0 Å². The van der Waals surface area contributed by atoms with Crippen LogP contribution in [0.25, 0.3) is 0 Å². The highest BCUT2D eigenvalue weighted by Crippen LogP contribution is 2.59. The maximum Gasteiger partial charge on any atom is 0.344 e. The van der Waals surface area contributed by atoms with Gasteiger partial charge in [-0.3, -0.25) is 28.2 Å². The predicted molar refractivity (Wildman–Crippen MR) is 237 cm³/mol. The molecule has 0 aromatic rings. The second-order valence-electron chi connectivity index (χ2n) is 22.2. The van der Waals surface area contributed by atoms with E-state index in [9.17, 15) is 47.1 Å². The van der Waals surface area contributed by atoms with Gasteiger partial charge in [-0.1, -0.05) is 20.4 Å². The maximum atomic E-state index is 12.1. The van der Waals surface area contributed by atoms with Crippen LogP contribution >= 0.6 is 0 Å². The molecule has 10 rings (SSSR count). The quantitative estimate of drug-likeness (QED) is 0.0704. The minimum Gasteiger partial charge on any atom is -0.462 e. The first-order valence-corrected chi connectivity index (χ1v) is 25.9. The summed E-state index contributed by atoms with van der Waals surface area (Å²) in [6, 6.07) is 0. The van der Waals surface area contributed by atoms with Crippen molar-refractivity contribution in [1.82, 2.24) is 0 Å². The normalized spacial score (nSPS) is 36.6. The van der Waals surface area contributed by atoms with E-state index in [0.29, 0.717) is 49.5 Å². The summed E-state index contributed by atoms with van der Waals surface area (Å²) in [5.74, 6) is -1.63. The second kappa shape index (κ2) is 19.6. The molecular formula is C49H70O18S. The van der Waals surface area contributed by atoms with Gasteiger partial charge in [-0.25, -0.2) is 9.59 Å². The molecule has 10 fully saturated rings. The smallest absolute Gasteiger partial charge is 0.344 e. The number of hydrogen-bond donors (Lipinski definition) is 1. The lowest BCUT2D eigenvalue weighted by Crippen LogP contribution is -2.60. The number of esters is 7. The molecule has 18 nitrogen and oxygen atoms in total. The number of carbonyl (C=O) groups is 7. The summed E-state index contributed by atoms with van der Waals surface area (Å²) >= 11 is 0. The van der Waals surface area contributed by atoms with Gasteiger partial charge < -0.3 is 38.3 Å². The van der Waals surface area contributed by atoms with Gasteiger partial charge in [0, 0.05) is 35.7 Å². The number of aliphatic hydroxyl groups is 1. The number of carbonyl (C=O) groups excluding carboxylic acids is 7. The van der Waals surface area contributed by atoms with Crippen molar-refractivity contribution in [3.63, 3.8) is 0 Å². The van der Waals surface area contributed by atoms with Gasteiger partial charge in [0.1, 0.15) is 43.2 Å². The zero-order valence-corrected chi connectivity index (χ0v) is 41.3. The van der Waals surface area contributed by atoms with E-state index in [1.165, 1.54) is 6.42 Å². The Balaban J connectivity index is 0.000000156. The molecule has 0 aromatic carbocycles. The van der Waals surface area contributed by atoms with Gasteiger partial charge >= 0.3 is 41.8 Å². The zero-order chi connectivity index (χ0) is 49.7. The van der Waals surface area contributed by atoms with Crippen molar-refractivity contribution in [3.8, 4) is 0 Å². The molecule has 2 aliphatic heterocycles. The molecule has 8 bridgehead atoms. The van der Waals surface area contributed by atoms with Gasteiger partial charge in [-0.2, -0.15) is 8.42 Å². The molecule has 12 atom stereocenters. The average molecular weight is 979 g/mol. The lowest BCUT2D eigenvalue weighted by atomic mass is 9.52. The Bertz CT molecular complexity index is 2110. The summed E-state index contributed by atoms with van der Waals surface area (Å²) in [6.07, 6.45) is 7.34. The van der Waals surface area contributed by atoms with Crippen LogP contribution in [0.5, 0.6) is 0 Å². The van der Waals surface area contributed by atoms with E-state index >= 15 is 0 Å². The monoisotopic (exact) mass is 978 g/mol. The van der Waals surface area contributed by atoms with Crippen LogP contribution in [0.3, 0.4) is 0 Å². The van der Waals surface area contributed by atoms with E-state index in [-0.39, 0.29) is 92.4 Å². The fourth-order valence-electron chi connectivity index (χ4n) is 12.4. The molecule has 0 radical (unpaired) electrons. The van der Waals surface area contributed by atoms with Gasteiger partial charge in [0.2, 0.25) is 0 Å². The van der Waals surface area contributed by atoms with Crippen LogP contribution in [0.15, 0.2) is 12.2 Å². The average Bonchev–Trinajstić information content (AvgIpc) is 4.09. The van der Waals surface area contributed by atoms with Crippen molar-refractivity contribution in [3.05, 3.63) is 12.2 Å². The molecule has 8 saturated carbocycles. The van der Waals surface area contributed by atoms with Gasteiger partial charge in [0.05, 0.1) is 40.4 Å². The molecule has 2 heterocycles. The minimum atomic E-state index is -3.56. The van der Waals surface area contributed by atoms with Crippen molar-refractivity contribution in [2.24, 2.45) is 52.3 Å². The summed E-state index contributed by atoms with van der Waals surface area (Å²) in [7, 11) is -3.56. The van der Waals surface area contributed by atoms with Gasteiger partial charge in [0.15, 0.2) is 6.61 Å². The highest BCUT2D eigenvalue weighted by molar-refractivity contribution is 7.87. The van der Waals surface area contributed by atoms with Gasteiger partial charge in [-0.15, -0.1) is 0 Å². The first kappa shape index (κ1) is 51.7. The van der Waals surface area contributed by atoms with Crippen molar-refractivity contribution < 1.29 is 84.4 Å². The van der Waals surface area contributed by atoms with E-state index < -0.39 is 73.5 Å². The molecule has 10 aliphatic rings. The van der Waals surface area contributed by atoms with Gasteiger partial charge in [0.25, 0.3) is 10.1 Å². The molecule has 0 amide bonds. The van der Waals surface area contributed by atoms with Crippen LogP contribution in [0.2, 0.25) is 0 Å². The highest BCUT2D eigenvalue weighted by Gasteiger charge is 2.66. The van der Waals surface area contributed by atoms with E-state index in [1.54, 1.807) is 34.6 Å². The number of hydrogen-bond acceptors (Lipinski definition) is 18. The molecule has 19 heteroatoms. The minimum absolute atomic E-state index is 0.00636. The first-order valence-electron chi connectivity index (χ1n) is 24.4. The Morgan fingerprint density at radius 2 is 1.29 bits per heavy atom. The van der Waals surface area contributed by atoms with Crippen LogP contribution in [-0.4, -0.2) is 116 Å². The van der Waals surface area contributed by atoms with Crippen LogP contribution in [-0.2, 0) is 81.0 Å². The SMILES string of the molecule is C=C(C)C(=O)OC12CC3CC(CC(O)(C3)C1)C2.CCC(C)(C)C(=O)OCC(=O)OC1C2CC3C(=O)OC1C3C2.CCC(C)(C)C(=O)OCCOC(=O)CCC(=O)OC1C2CC3C1OS(=O)(=O)C3C2. The summed E-state index contributed by atoms with van der Waals surface area (Å²) in [6.45, 7) is 15.7. The van der Waals surface area contributed by atoms with Crippen LogP contribution in [0.1, 0.15) is 138 Å². The van der Waals surface area contributed by atoms with E-state index in [0.717, 1.165) is 38.5 Å². The standard InChI is InChI=1S/C19H28O9S.C16H22O6.C14H20O3/c1-4-19(2,3)18(22)26-8-7-25-14(20)5-6-15(21)27-16-11-9-12-13(10-11)29(23,24)28-17(12)16;1-4-16(2,3)15(19)20-7-11(17)21-12-8-5-9-10(6-8)14(18)22-13(9)12;1-9(2)12(15)17-14-6-10-3-11(7-14)5-13(16,4-10)8-14/h11-13,16-17H,4-10H2,1-3H3;8-10,12-13H,4-7H2,1-3H3;10-11,16H,1,3-8H2,2H3. The highest BCUT2D eigenvalue weighted by atomic mass is 32.2. The number of fused-ring (bicyclic) bond motifs is 2. The molecular weight excluding hydrogens is 909 g/mol. The Morgan fingerprint density at radius 1 is 0.735 bits per heavy atom. The lowest BCUT2D eigenvalue weighted by molar-refractivity contribution is -0.217. The van der Waals surface area contributed by atoms with E-state index in [2.05, 4.69) is 6.58 Å². The van der Waals surface area contributed by atoms with E-state index in [4.69, 9.17) is 37.3 Å². The summed E-state index contributed by atoms with van der Waals surface area (Å²) in [4.78, 5) is 82.7. The molecule has 0 aromatic heterocycles. The molecule has 8 aliphatic carbocycles. The molecule has 68 heavy (non-hydrogen) atoms. The Labute approximate surface area is 398 Å². The zero-order valence-electron chi connectivity index (χ0n) is 40.5.